The molecule has 4 nitrogen and oxygen atoms in total. The van der Waals surface area contributed by atoms with E-state index in [0.29, 0.717) is 11.4 Å². The van der Waals surface area contributed by atoms with E-state index in [1.54, 1.807) is 12.1 Å². The van der Waals surface area contributed by atoms with Gasteiger partial charge in [-0.1, -0.05) is 36.4 Å². The minimum absolute atomic E-state index is 0.191. The molecule has 3 rings (SSSR count). The summed E-state index contributed by atoms with van der Waals surface area (Å²) in [5.74, 6) is 0.154. The van der Waals surface area contributed by atoms with Crippen molar-refractivity contribution < 1.29 is 4.79 Å². The van der Waals surface area contributed by atoms with Crippen molar-refractivity contribution in [1.29, 1.82) is 0 Å². The molecule has 1 amide bonds. The van der Waals surface area contributed by atoms with Crippen molar-refractivity contribution in [2.75, 3.05) is 11.1 Å². The Bertz CT molecular complexity index is 802. The minimum atomic E-state index is -0.191. The summed E-state index contributed by atoms with van der Waals surface area (Å²) in [7, 11) is 0. The lowest BCUT2D eigenvalue weighted by molar-refractivity contribution is 0.102. The van der Waals surface area contributed by atoms with Crippen molar-refractivity contribution in [3.05, 3.63) is 65.9 Å². The predicted molar refractivity (Wildman–Crippen MR) is 85.3 cm³/mol. The Balaban J connectivity index is 1.96. The highest BCUT2D eigenvalue weighted by molar-refractivity contribution is 6.09. The molecule has 0 atom stereocenters. The van der Waals surface area contributed by atoms with E-state index >= 15 is 0 Å². The van der Waals surface area contributed by atoms with Gasteiger partial charge >= 0.3 is 0 Å². The number of aromatic nitrogens is 1. The number of benzene rings is 2. The molecule has 0 saturated heterocycles. The molecular weight excluding hydrogens is 262 g/mol. The normalized spacial score (nSPS) is 10.5. The number of hydrogen-bond donors (Lipinski definition) is 2. The molecule has 3 N–H and O–H groups in total. The fourth-order valence-electron chi connectivity index (χ4n) is 2.35. The van der Waals surface area contributed by atoms with Gasteiger partial charge in [-0.2, -0.15) is 0 Å². The summed E-state index contributed by atoms with van der Waals surface area (Å²) in [4.78, 5) is 16.4. The largest absolute Gasteiger partial charge is 0.384 e. The zero-order chi connectivity index (χ0) is 14.8. The number of anilines is 2. The Labute approximate surface area is 122 Å². The van der Waals surface area contributed by atoms with Crippen LogP contribution in [0.5, 0.6) is 0 Å². The first-order chi connectivity index (χ1) is 10.1. The first kappa shape index (κ1) is 13.1. The summed E-state index contributed by atoms with van der Waals surface area (Å²) in [5, 5.41) is 5.02. The number of carbonyl (C=O) groups excluding carboxylic acids is 1. The minimum Gasteiger partial charge on any atom is -0.384 e. The van der Waals surface area contributed by atoms with Crippen LogP contribution in [0.1, 0.15) is 16.1 Å². The number of aryl methyl sites for hydroxylation is 1. The lowest BCUT2D eigenvalue weighted by Crippen LogP contribution is -2.13. The second-order valence-corrected chi connectivity index (χ2v) is 4.90. The third-order valence-electron chi connectivity index (χ3n) is 3.27. The second-order valence-electron chi connectivity index (χ2n) is 4.90. The molecule has 0 aliphatic rings. The zero-order valence-electron chi connectivity index (χ0n) is 11.6. The van der Waals surface area contributed by atoms with E-state index in [4.69, 9.17) is 5.73 Å². The number of fused-ring (bicyclic) bond motifs is 1. The zero-order valence-corrected chi connectivity index (χ0v) is 11.6. The van der Waals surface area contributed by atoms with Gasteiger partial charge in [0.1, 0.15) is 5.82 Å². The molecule has 104 valence electrons. The van der Waals surface area contributed by atoms with E-state index in [1.807, 2.05) is 49.4 Å². The maximum absolute atomic E-state index is 12.4. The van der Waals surface area contributed by atoms with Crippen molar-refractivity contribution in [2.45, 2.75) is 6.92 Å². The Morgan fingerprint density at radius 2 is 1.86 bits per heavy atom. The van der Waals surface area contributed by atoms with Crippen LogP contribution in [-0.4, -0.2) is 10.9 Å². The molecule has 0 aliphatic heterocycles. The highest BCUT2D eigenvalue weighted by atomic mass is 16.1. The molecule has 4 heteroatoms. The third-order valence-corrected chi connectivity index (χ3v) is 3.27. The van der Waals surface area contributed by atoms with E-state index in [0.717, 1.165) is 22.2 Å². The smallest absolute Gasteiger partial charge is 0.255 e. The molecule has 0 aliphatic carbocycles. The second kappa shape index (κ2) is 5.25. The summed E-state index contributed by atoms with van der Waals surface area (Å²) in [6.45, 7) is 1.81. The van der Waals surface area contributed by atoms with Crippen LogP contribution in [0.2, 0.25) is 0 Å². The topological polar surface area (TPSA) is 68.0 Å². The number of nitrogens with two attached hydrogens (primary N) is 1. The Morgan fingerprint density at radius 1 is 1.10 bits per heavy atom. The van der Waals surface area contributed by atoms with Crippen LogP contribution < -0.4 is 11.1 Å². The molecule has 0 unspecified atom stereocenters. The fourth-order valence-corrected chi connectivity index (χ4v) is 2.35. The molecule has 0 radical (unpaired) electrons. The van der Waals surface area contributed by atoms with Crippen LogP contribution >= 0.6 is 0 Å². The van der Waals surface area contributed by atoms with Crippen molar-refractivity contribution in [2.24, 2.45) is 0 Å². The van der Waals surface area contributed by atoms with E-state index < -0.39 is 0 Å². The van der Waals surface area contributed by atoms with Gasteiger partial charge in [0, 0.05) is 22.3 Å². The fraction of sp³-hybridized carbons (Fsp3) is 0.0588. The van der Waals surface area contributed by atoms with Gasteiger partial charge < -0.3 is 11.1 Å². The van der Waals surface area contributed by atoms with Crippen LogP contribution in [0.15, 0.2) is 54.6 Å². The summed E-state index contributed by atoms with van der Waals surface area (Å²) in [6, 6.07) is 17.0. The number of amides is 1. The molecule has 0 spiro atoms. The summed E-state index contributed by atoms with van der Waals surface area (Å²) in [6.07, 6.45) is 0. The van der Waals surface area contributed by atoms with E-state index in [9.17, 15) is 4.79 Å². The van der Waals surface area contributed by atoms with Crippen molar-refractivity contribution in [3.8, 4) is 0 Å². The molecule has 0 saturated carbocycles. The molecule has 1 heterocycles. The summed E-state index contributed by atoms with van der Waals surface area (Å²) in [5.41, 5.74) is 7.70. The molecule has 1 aromatic heterocycles. The van der Waals surface area contributed by atoms with Crippen LogP contribution in [-0.2, 0) is 0 Å². The molecule has 0 fully saturated rings. The van der Waals surface area contributed by atoms with Crippen molar-refractivity contribution >= 4 is 28.2 Å². The van der Waals surface area contributed by atoms with Crippen LogP contribution in [0.4, 0.5) is 11.5 Å². The highest BCUT2D eigenvalue weighted by Gasteiger charge is 2.09. The number of hydrogen-bond acceptors (Lipinski definition) is 3. The van der Waals surface area contributed by atoms with Gasteiger partial charge in [-0.05, 0) is 30.5 Å². The van der Waals surface area contributed by atoms with E-state index in [2.05, 4.69) is 10.3 Å². The average Bonchev–Trinajstić information content (AvgIpc) is 2.46. The Morgan fingerprint density at radius 3 is 2.67 bits per heavy atom. The van der Waals surface area contributed by atoms with Gasteiger partial charge in [0.25, 0.3) is 5.91 Å². The van der Waals surface area contributed by atoms with E-state index in [-0.39, 0.29) is 5.91 Å². The molecule has 0 bridgehead atoms. The summed E-state index contributed by atoms with van der Waals surface area (Å²) < 4.78 is 0. The molecule has 21 heavy (non-hydrogen) atoms. The van der Waals surface area contributed by atoms with Crippen molar-refractivity contribution in [1.82, 2.24) is 4.98 Å². The number of nitrogens with zero attached hydrogens (tertiary/aromatic N) is 1. The van der Waals surface area contributed by atoms with Crippen LogP contribution in [0, 0.1) is 6.92 Å². The molecular formula is C17H15N3O. The molecule has 2 aromatic carbocycles. The Kier molecular flexibility index (Phi) is 3.28. The lowest BCUT2D eigenvalue weighted by Gasteiger charge is -2.09. The number of pyridine rings is 1. The number of carbonyl (C=O) groups is 1. The maximum Gasteiger partial charge on any atom is 0.255 e. The SMILES string of the molecule is Cc1cc(C(=O)Nc2cccc3ccccc23)cc(N)n1. The van der Waals surface area contributed by atoms with Gasteiger partial charge in [-0.25, -0.2) is 4.98 Å². The van der Waals surface area contributed by atoms with Gasteiger partial charge in [0.05, 0.1) is 0 Å². The van der Waals surface area contributed by atoms with Crippen molar-refractivity contribution in [3.63, 3.8) is 0 Å². The van der Waals surface area contributed by atoms with Gasteiger partial charge in [0.15, 0.2) is 0 Å². The maximum atomic E-state index is 12.4. The average molecular weight is 277 g/mol. The number of nitrogens with one attached hydrogen (secondary N) is 1. The van der Waals surface area contributed by atoms with Crippen LogP contribution in [0.25, 0.3) is 10.8 Å². The highest BCUT2D eigenvalue weighted by Crippen LogP contribution is 2.23. The first-order valence-electron chi connectivity index (χ1n) is 6.67. The Hall–Kier alpha value is -2.88. The summed E-state index contributed by atoms with van der Waals surface area (Å²) >= 11 is 0. The van der Waals surface area contributed by atoms with E-state index in [1.165, 1.54) is 0 Å². The number of rotatable bonds is 2. The quantitative estimate of drug-likeness (QED) is 0.754. The first-order valence-corrected chi connectivity index (χ1v) is 6.67. The number of nitrogen functional groups attached to an aromatic ring is 1. The lowest BCUT2D eigenvalue weighted by atomic mass is 10.1. The van der Waals surface area contributed by atoms with Crippen LogP contribution in [0.3, 0.4) is 0 Å². The predicted octanol–water partition coefficient (Wildman–Crippen LogP) is 3.38. The van der Waals surface area contributed by atoms with Gasteiger partial charge in [0.2, 0.25) is 0 Å². The monoisotopic (exact) mass is 277 g/mol. The van der Waals surface area contributed by atoms with Gasteiger partial charge in [-0.15, -0.1) is 0 Å². The third kappa shape index (κ3) is 2.69. The molecule has 3 aromatic rings. The standard InChI is InChI=1S/C17H15N3O/c1-11-9-13(10-16(18)19-11)17(21)20-15-8-4-6-12-5-2-3-7-14(12)15/h2-10H,1H3,(H2,18,19)(H,20,21). The van der Waals surface area contributed by atoms with Gasteiger partial charge in [-0.3, -0.25) is 4.79 Å².